The molecule has 0 aliphatic carbocycles. The monoisotopic (exact) mass is 708 g/mol. The zero-order valence-electron chi connectivity index (χ0n) is 33.1. The van der Waals surface area contributed by atoms with E-state index in [-0.39, 0.29) is 56.3 Å². The molecule has 0 fully saturated rings. The normalized spacial score (nSPS) is 13.2. The molecule has 2 heterocycles. The van der Waals surface area contributed by atoms with E-state index in [1.54, 1.807) is 0 Å². The van der Waals surface area contributed by atoms with Gasteiger partial charge in [-0.25, -0.2) is 0 Å². The van der Waals surface area contributed by atoms with Crippen molar-refractivity contribution in [2.24, 2.45) is 0 Å². The van der Waals surface area contributed by atoms with Crippen LogP contribution in [0.4, 0.5) is 0 Å². The van der Waals surface area contributed by atoms with Crippen LogP contribution in [0, 0.1) is 0 Å². The van der Waals surface area contributed by atoms with Crippen LogP contribution in [0.15, 0.2) is 55.6 Å². The number of phenolic OH excluding ortho intramolecular Hbond substituents is 2. The van der Waals surface area contributed by atoms with Crippen molar-refractivity contribution in [1.82, 2.24) is 9.13 Å². The Labute approximate surface area is 306 Å². The van der Waals surface area contributed by atoms with Crippen LogP contribution in [0.5, 0.6) is 11.5 Å². The van der Waals surface area contributed by atoms with Gasteiger partial charge in [-0.1, -0.05) is 107 Å². The third-order valence-corrected chi connectivity index (χ3v) is 10.3. The molecule has 0 aliphatic heterocycles. The number of aromatic nitrogens is 2. The third-order valence-electron chi connectivity index (χ3n) is 10.3. The molecule has 0 saturated carbocycles. The Morgan fingerprint density at radius 3 is 0.865 bits per heavy atom. The molecule has 2 N–H and O–H groups in total. The Hall–Kier alpha value is -4.46. The van der Waals surface area contributed by atoms with Crippen LogP contribution in [0.1, 0.15) is 129 Å². The van der Waals surface area contributed by atoms with Gasteiger partial charge in [0.25, 0.3) is 22.2 Å². The van der Waals surface area contributed by atoms with Crippen molar-refractivity contribution in [1.29, 1.82) is 0 Å². The largest absolute Gasteiger partial charge is 0.507 e. The second-order valence-electron chi connectivity index (χ2n) is 18.8. The molecule has 5 rings (SSSR count). The Balaban J connectivity index is 1.40. The highest BCUT2D eigenvalue weighted by Gasteiger charge is 2.28. The van der Waals surface area contributed by atoms with Crippen LogP contribution in [0.3, 0.4) is 0 Å². The van der Waals surface area contributed by atoms with Crippen molar-refractivity contribution < 1.29 is 10.2 Å². The van der Waals surface area contributed by atoms with Gasteiger partial charge < -0.3 is 10.2 Å². The summed E-state index contributed by atoms with van der Waals surface area (Å²) in [5.41, 5.74) is 2.54. The minimum Gasteiger partial charge on any atom is -0.507 e. The predicted molar refractivity (Wildman–Crippen MR) is 213 cm³/mol. The Morgan fingerprint density at radius 1 is 0.423 bits per heavy atom. The van der Waals surface area contributed by atoms with Crippen molar-refractivity contribution in [3.05, 3.63) is 111 Å². The topological polar surface area (TPSA) is 119 Å². The molecule has 0 aliphatic rings. The highest BCUT2D eigenvalue weighted by Crippen LogP contribution is 2.41. The van der Waals surface area contributed by atoms with E-state index in [2.05, 4.69) is 83.1 Å². The van der Waals surface area contributed by atoms with Crippen molar-refractivity contribution in [3.8, 4) is 11.5 Å². The zero-order chi connectivity index (χ0) is 38.9. The van der Waals surface area contributed by atoms with Gasteiger partial charge in [-0.15, -0.1) is 0 Å². The third kappa shape index (κ3) is 7.26. The maximum Gasteiger partial charge on any atom is 0.261 e. The fourth-order valence-electron chi connectivity index (χ4n) is 7.33. The highest BCUT2D eigenvalue weighted by atomic mass is 16.3. The first-order valence-electron chi connectivity index (χ1n) is 18.5. The van der Waals surface area contributed by atoms with E-state index >= 15 is 0 Å². The standard InChI is InChI=1S/C44H56N2O6/c1-41(2,3)31-19-25(20-32(35(31)47)42(4,5)6)15-13-17-45-37(49)27-23-29-30(24-28(27)38(45)50)40(52)46(39(29)51)18-14-16-26-21-33(43(7,8)9)36(48)34(22-26)44(10,11)12/h19-24,47-48H,13-18H2,1-12H3. The number of aryl methyl sites for hydroxylation is 2. The molecule has 8 nitrogen and oxygen atoms in total. The minimum atomic E-state index is -0.463. The first kappa shape index (κ1) is 38.8. The maximum atomic E-state index is 13.5. The summed E-state index contributed by atoms with van der Waals surface area (Å²) in [6.07, 6.45) is 2.23. The van der Waals surface area contributed by atoms with E-state index in [9.17, 15) is 29.4 Å². The fraction of sp³-hybridized carbons (Fsp3) is 0.500. The lowest BCUT2D eigenvalue weighted by molar-refractivity contribution is 0.421. The highest BCUT2D eigenvalue weighted by molar-refractivity contribution is 5.97. The molecule has 278 valence electrons. The van der Waals surface area contributed by atoms with E-state index in [0.29, 0.717) is 37.2 Å². The van der Waals surface area contributed by atoms with Crippen LogP contribution >= 0.6 is 0 Å². The molecule has 0 amide bonds. The van der Waals surface area contributed by atoms with Gasteiger partial charge in [0.1, 0.15) is 11.5 Å². The zero-order valence-corrected chi connectivity index (χ0v) is 33.1. The smallest absolute Gasteiger partial charge is 0.261 e. The first-order chi connectivity index (χ1) is 23.8. The molecule has 8 heteroatoms. The lowest BCUT2D eigenvalue weighted by atomic mass is 9.78. The Kier molecular flexibility index (Phi) is 9.83. The summed E-state index contributed by atoms with van der Waals surface area (Å²) in [6.45, 7) is 25.1. The SMILES string of the molecule is CC(C)(C)c1cc(CCCn2c(=O)c3cc4c(=O)n(CCCc5cc(C(C)(C)C)c(O)c(C(C)(C)C)c5)c(=O)c4cc3c2=O)cc(C(C)(C)C)c1O. The van der Waals surface area contributed by atoms with E-state index < -0.39 is 22.2 Å². The number of phenols is 2. The molecule has 52 heavy (non-hydrogen) atoms. The average Bonchev–Trinajstić information content (AvgIpc) is 3.38. The number of benzene rings is 3. The van der Waals surface area contributed by atoms with Gasteiger partial charge in [-0.2, -0.15) is 0 Å². The van der Waals surface area contributed by atoms with Gasteiger partial charge in [0, 0.05) is 13.1 Å². The summed E-state index contributed by atoms with van der Waals surface area (Å²) < 4.78 is 2.41. The molecular formula is C44H56N2O6. The van der Waals surface area contributed by atoms with Gasteiger partial charge in [-0.05, 0) is 92.9 Å². The summed E-state index contributed by atoms with van der Waals surface area (Å²) in [5, 5.41) is 22.8. The summed E-state index contributed by atoms with van der Waals surface area (Å²) >= 11 is 0. The van der Waals surface area contributed by atoms with Crippen molar-refractivity contribution in [3.63, 3.8) is 0 Å². The Morgan fingerprint density at radius 2 is 0.654 bits per heavy atom. The fourth-order valence-corrected chi connectivity index (χ4v) is 7.33. The first-order valence-corrected chi connectivity index (χ1v) is 18.5. The number of hydrogen-bond donors (Lipinski definition) is 2. The molecule has 2 aromatic heterocycles. The number of rotatable bonds is 8. The van der Waals surface area contributed by atoms with Crippen molar-refractivity contribution in [2.45, 2.75) is 144 Å². The van der Waals surface area contributed by atoms with E-state index in [0.717, 1.165) is 33.4 Å². The number of aromatic hydroxyl groups is 2. The molecule has 0 atom stereocenters. The predicted octanol–water partition coefficient (Wildman–Crippen LogP) is 7.78. The number of fused-ring (bicyclic) bond motifs is 2. The van der Waals surface area contributed by atoms with Crippen LogP contribution in [0.25, 0.3) is 21.5 Å². The van der Waals surface area contributed by atoms with E-state index in [4.69, 9.17) is 0 Å². The molecule has 0 saturated heterocycles. The second-order valence-corrected chi connectivity index (χ2v) is 18.8. The molecule has 3 aromatic carbocycles. The van der Waals surface area contributed by atoms with Crippen LogP contribution in [-0.4, -0.2) is 19.3 Å². The van der Waals surface area contributed by atoms with Crippen molar-refractivity contribution in [2.75, 3.05) is 0 Å². The average molecular weight is 709 g/mol. The van der Waals surface area contributed by atoms with Gasteiger partial charge in [-0.3, -0.25) is 28.3 Å². The molecule has 0 spiro atoms. The van der Waals surface area contributed by atoms with Gasteiger partial charge >= 0.3 is 0 Å². The Bertz CT molecular complexity index is 2070. The van der Waals surface area contributed by atoms with E-state index in [1.807, 2.05) is 24.3 Å². The molecule has 0 radical (unpaired) electrons. The lowest BCUT2D eigenvalue weighted by Gasteiger charge is -2.28. The minimum absolute atomic E-state index is 0.148. The van der Waals surface area contributed by atoms with Gasteiger partial charge in [0.15, 0.2) is 0 Å². The maximum absolute atomic E-state index is 13.5. The summed E-state index contributed by atoms with van der Waals surface area (Å²) in [7, 11) is 0. The molecule has 0 unspecified atom stereocenters. The molecule has 0 bridgehead atoms. The van der Waals surface area contributed by atoms with Gasteiger partial charge in [0.05, 0.1) is 21.5 Å². The van der Waals surface area contributed by atoms with Crippen LogP contribution in [0.2, 0.25) is 0 Å². The number of nitrogens with zero attached hydrogens (tertiary/aromatic N) is 2. The second kappa shape index (κ2) is 13.2. The number of hydrogen-bond acceptors (Lipinski definition) is 6. The van der Waals surface area contributed by atoms with Crippen LogP contribution in [-0.2, 0) is 47.6 Å². The summed E-state index contributed by atoms with van der Waals surface area (Å²) in [5.74, 6) is 0.614. The lowest BCUT2D eigenvalue weighted by Crippen LogP contribution is -2.26. The molecular weight excluding hydrogens is 652 g/mol. The van der Waals surface area contributed by atoms with Crippen molar-refractivity contribution >= 4 is 21.5 Å². The quantitative estimate of drug-likeness (QED) is 0.170. The summed E-state index contributed by atoms with van der Waals surface area (Å²) in [6, 6.07) is 10.9. The molecule has 5 aromatic rings. The van der Waals surface area contributed by atoms with E-state index in [1.165, 1.54) is 21.3 Å². The summed E-state index contributed by atoms with van der Waals surface area (Å²) in [4.78, 5) is 54.1. The van der Waals surface area contributed by atoms with Gasteiger partial charge in [0.2, 0.25) is 0 Å². The van der Waals surface area contributed by atoms with Crippen LogP contribution < -0.4 is 22.2 Å².